The number of hydrogen-bond donors (Lipinski definition) is 4. The van der Waals surface area contributed by atoms with Gasteiger partial charge in [-0.25, -0.2) is 4.57 Å². The van der Waals surface area contributed by atoms with E-state index in [1.807, 2.05) is 6.92 Å². The smallest absolute Gasteiger partial charge is 0.508 e. The third-order valence-corrected chi connectivity index (χ3v) is 3.68. The highest BCUT2D eigenvalue weighted by atomic mass is 31.2. The van der Waals surface area contributed by atoms with Gasteiger partial charge >= 0.3 is 7.82 Å². The van der Waals surface area contributed by atoms with E-state index in [-0.39, 0.29) is 23.2 Å². The molecule has 0 spiro atoms. The molecule has 4 N–H and O–H groups in total. The first kappa shape index (κ1) is 16.4. The number of hydrogen-bond acceptors (Lipinski definition) is 4. The summed E-state index contributed by atoms with van der Waals surface area (Å²) in [4.78, 5) is 17.9. The molecule has 7 heteroatoms. The van der Waals surface area contributed by atoms with E-state index in [1.54, 1.807) is 24.3 Å². The zero-order chi connectivity index (χ0) is 16.3. The summed E-state index contributed by atoms with van der Waals surface area (Å²) in [7, 11) is -4.67. The van der Waals surface area contributed by atoms with Gasteiger partial charge in [0.05, 0.1) is 0 Å². The molecule has 0 saturated heterocycles. The monoisotopic (exact) mass is 324 g/mol. The van der Waals surface area contributed by atoms with Crippen LogP contribution in [0.1, 0.15) is 24.0 Å². The molecule has 0 fully saturated rings. The fourth-order valence-corrected chi connectivity index (χ4v) is 2.63. The molecule has 1 unspecified atom stereocenters. The normalized spacial score (nSPS) is 12.9. The minimum atomic E-state index is -4.67. The number of benzene rings is 2. The molecule has 0 aromatic heterocycles. The molecule has 2 aromatic rings. The van der Waals surface area contributed by atoms with E-state index < -0.39 is 7.82 Å². The first-order valence-electron chi connectivity index (χ1n) is 6.60. The fraction of sp³-hybridized carbons (Fsp3) is 0.200. The van der Waals surface area contributed by atoms with Crippen LogP contribution in [0.2, 0.25) is 0 Å². The number of rotatable bonds is 5. The Morgan fingerprint density at radius 3 is 2.23 bits per heavy atom. The van der Waals surface area contributed by atoms with Gasteiger partial charge in [-0.1, -0.05) is 19.1 Å². The van der Waals surface area contributed by atoms with E-state index in [4.69, 9.17) is 9.79 Å². The lowest BCUT2D eigenvalue weighted by Crippen LogP contribution is -2.01. The highest BCUT2D eigenvalue weighted by Crippen LogP contribution is 2.41. The molecule has 2 aromatic carbocycles. The number of aromatic hydroxyl groups is 2. The van der Waals surface area contributed by atoms with Crippen LogP contribution in [-0.2, 0) is 11.0 Å². The van der Waals surface area contributed by atoms with Crippen LogP contribution in [0.5, 0.6) is 17.2 Å². The second-order valence-corrected chi connectivity index (χ2v) is 6.23. The molecule has 0 saturated carbocycles. The Balaban J connectivity index is 2.25. The topological polar surface area (TPSA) is 107 Å². The Morgan fingerprint density at radius 1 is 1.05 bits per heavy atom. The average molecular weight is 324 g/mol. The average Bonchev–Trinajstić information content (AvgIpc) is 2.41. The van der Waals surface area contributed by atoms with Gasteiger partial charge in [0.25, 0.3) is 0 Å². The highest BCUT2D eigenvalue weighted by Gasteiger charge is 2.20. The highest BCUT2D eigenvalue weighted by molar-refractivity contribution is 7.46. The molecule has 0 aliphatic rings. The van der Waals surface area contributed by atoms with Crippen LogP contribution in [0.25, 0.3) is 0 Å². The van der Waals surface area contributed by atoms with Crippen LogP contribution in [0.4, 0.5) is 0 Å². The van der Waals surface area contributed by atoms with Gasteiger partial charge < -0.3 is 14.7 Å². The SMILES string of the molecule is CC(Cc1cc(O)ccc1OP(=O)(O)O)c1ccc(O)cc1. The molecule has 0 bridgehead atoms. The van der Waals surface area contributed by atoms with Crippen LogP contribution < -0.4 is 4.52 Å². The van der Waals surface area contributed by atoms with E-state index in [2.05, 4.69) is 4.52 Å². The minimum Gasteiger partial charge on any atom is -0.508 e. The summed E-state index contributed by atoms with van der Waals surface area (Å²) in [5.74, 6) is 0.197. The van der Waals surface area contributed by atoms with Gasteiger partial charge in [0, 0.05) is 0 Å². The third-order valence-electron chi connectivity index (χ3n) is 3.25. The molecule has 2 rings (SSSR count). The summed E-state index contributed by atoms with van der Waals surface area (Å²) < 4.78 is 15.7. The first-order valence-corrected chi connectivity index (χ1v) is 8.13. The van der Waals surface area contributed by atoms with Crippen molar-refractivity contribution in [3.8, 4) is 17.2 Å². The Morgan fingerprint density at radius 2 is 1.64 bits per heavy atom. The Labute approximate surface area is 127 Å². The molecule has 0 amide bonds. The fourth-order valence-electron chi connectivity index (χ4n) is 2.19. The number of phosphoric ester groups is 1. The molecule has 0 heterocycles. The van der Waals surface area contributed by atoms with Gasteiger partial charge in [0.2, 0.25) is 0 Å². The zero-order valence-electron chi connectivity index (χ0n) is 11.9. The van der Waals surface area contributed by atoms with Gasteiger partial charge in [-0.15, -0.1) is 0 Å². The largest absolute Gasteiger partial charge is 0.524 e. The van der Waals surface area contributed by atoms with Crippen molar-refractivity contribution in [2.45, 2.75) is 19.3 Å². The predicted molar refractivity (Wildman–Crippen MR) is 81.0 cm³/mol. The Kier molecular flexibility index (Phi) is 4.76. The molecule has 0 aliphatic carbocycles. The lowest BCUT2D eigenvalue weighted by Gasteiger charge is -2.16. The number of phosphoric acid groups is 1. The van der Waals surface area contributed by atoms with Crippen LogP contribution in [0.3, 0.4) is 0 Å². The standard InChI is InChI=1S/C15H17O6P/c1-10(11-2-4-13(16)5-3-11)8-12-9-14(17)6-7-15(12)21-22(18,19)20/h2-7,9-10,16-17H,8H2,1H3,(H2,18,19,20). The molecule has 0 aliphatic heterocycles. The van der Waals surface area contributed by atoms with Crippen LogP contribution in [0, 0.1) is 0 Å². The molecule has 118 valence electrons. The third kappa shape index (κ3) is 4.49. The van der Waals surface area contributed by atoms with Crippen molar-refractivity contribution < 1.29 is 29.1 Å². The van der Waals surface area contributed by atoms with Gasteiger partial charge in [0.15, 0.2) is 0 Å². The van der Waals surface area contributed by atoms with Crippen molar-refractivity contribution in [3.63, 3.8) is 0 Å². The van der Waals surface area contributed by atoms with E-state index in [9.17, 15) is 14.8 Å². The van der Waals surface area contributed by atoms with Crippen molar-refractivity contribution in [2.75, 3.05) is 0 Å². The van der Waals surface area contributed by atoms with Gasteiger partial charge in [-0.2, -0.15) is 0 Å². The molecular weight excluding hydrogens is 307 g/mol. The summed E-state index contributed by atoms with van der Waals surface area (Å²) in [6.45, 7) is 1.93. The number of phenolic OH excluding ortho intramolecular Hbond substituents is 2. The van der Waals surface area contributed by atoms with Crippen molar-refractivity contribution in [3.05, 3.63) is 53.6 Å². The Bertz CT molecular complexity index is 692. The summed E-state index contributed by atoms with van der Waals surface area (Å²) in [6.07, 6.45) is 0.411. The van der Waals surface area contributed by atoms with Crippen LogP contribution in [0.15, 0.2) is 42.5 Å². The van der Waals surface area contributed by atoms with Crippen molar-refractivity contribution in [2.24, 2.45) is 0 Å². The lowest BCUT2D eigenvalue weighted by molar-refractivity contribution is 0.282. The minimum absolute atomic E-state index is 0.00141. The Hall–Kier alpha value is -2.01. The maximum absolute atomic E-state index is 11.0. The van der Waals surface area contributed by atoms with Gasteiger partial charge in [0.1, 0.15) is 17.2 Å². The summed E-state index contributed by atoms with van der Waals surface area (Å²) in [6, 6.07) is 10.7. The molecular formula is C15H17O6P. The maximum Gasteiger partial charge on any atom is 0.524 e. The van der Waals surface area contributed by atoms with Crippen LogP contribution >= 0.6 is 7.82 Å². The van der Waals surface area contributed by atoms with Crippen LogP contribution in [-0.4, -0.2) is 20.0 Å². The lowest BCUT2D eigenvalue weighted by atomic mass is 9.93. The first-order chi connectivity index (χ1) is 10.2. The maximum atomic E-state index is 11.0. The predicted octanol–water partition coefficient (Wildman–Crippen LogP) is 2.92. The summed E-state index contributed by atoms with van der Waals surface area (Å²) in [5.41, 5.74) is 1.44. The molecule has 6 nitrogen and oxygen atoms in total. The van der Waals surface area contributed by atoms with E-state index in [1.165, 1.54) is 18.2 Å². The number of phenols is 2. The quantitative estimate of drug-likeness (QED) is 0.630. The molecule has 0 radical (unpaired) electrons. The van der Waals surface area contributed by atoms with E-state index in [0.717, 1.165) is 5.56 Å². The van der Waals surface area contributed by atoms with Gasteiger partial charge in [-0.05, 0) is 53.8 Å². The van der Waals surface area contributed by atoms with E-state index >= 15 is 0 Å². The molecule has 1 atom stereocenters. The summed E-state index contributed by atoms with van der Waals surface area (Å²) in [5, 5.41) is 18.9. The molecule has 22 heavy (non-hydrogen) atoms. The van der Waals surface area contributed by atoms with Crippen molar-refractivity contribution >= 4 is 7.82 Å². The second-order valence-electron chi connectivity index (χ2n) is 5.07. The second kappa shape index (κ2) is 6.40. The van der Waals surface area contributed by atoms with Crippen molar-refractivity contribution in [1.29, 1.82) is 0 Å². The van der Waals surface area contributed by atoms with E-state index in [0.29, 0.717) is 12.0 Å². The van der Waals surface area contributed by atoms with Gasteiger partial charge in [-0.3, -0.25) is 9.79 Å². The zero-order valence-corrected chi connectivity index (χ0v) is 12.8. The summed E-state index contributed by atoms with van der Waals surface area (Å²) >= 11 is 0. The van der Waals surface area contributed by atoms with Crippen molar-refractivity contribution in [1.82, 2.24) is 0 Å².